The van der Waals surface area contributed by atoms with Crippen LogP contribution >= 0.6 is 0 Å². The predicted octanol–water partition coefficient (Wildman–Crippen LogP) is 2.09. The molecule has 1 amide bonds. The van der Waals surface area contributed by atoms with Gasteiger partial charge in [-0.2, -0.15) is 13.2 Å². The predicted molar refractivity (Wildman–Crippen MR) is 42.8 cm³/mol. The van der Waals surface area contributed by atoms with Gasteiger partial charge in [-0.25, -0.2) is 0 Å². The molecule has 0 spiro atoms. The minimum atomic E-state index is -4.34. The Morgan fingerprint density at radius 1 is 1.31 bits per heavy atom. The monoisotopic (exact) mass is 197 g/mol. The first kappa shape index (κ1) is 12.3. The van der Waals surface area contributed by atoms with Gasteiger partial charge in [0, 0.05) is 0 Å². The molecule has 0 aromatic heterocycles. The number of rotatable bonds is 2. The van der Waals surface area contributed by atoms with Crippen molar-refractivity contribution in [3.05, 3.63) is 0 Å². The van der Waals surface area contributed by atoms with Crippen LogP contribution < -0.4 is 5.73 Å². The first-order chi connectivity index (χ1) is 5.54. The largest absolute Gasteiger partial charge is 0.389 e. The van der Waals surface area contributed by atoms with E-state index in [-0.39, 0.29) is 0 Å². The molecule has 0 fully saturated rings. The molecule has 78 valence electrons. The van der Waals surface area contributed by atoms with Crippen LogP contribution in [-0.4, -0.2) is 12.1 Å². The summed E-state index contributed by atoms with van der Waals surface area (Å²) >= 11 is 0. The van der Waals surface area contributed by atoms with Crippen molar-refractivity contribution in [3.8, 4) is 0 Å². The third-order valence-electron chi connectivity index (χ3n) is 1.82. The van der Waals surface area contributed by atoms with Gasteiger partial charge in [0.1, 0.15) is 0 Å². The summed E-state index contributed by atoms with van der Waals surface area (Å²) < 4.78 is 36.0. The molecule has 1 atom stereocenters. The van der Waals surface area contributed by atoms with Crippen molar-refractivity contribution >= 4 is 5.91 Å². The lowest BCUT2D eigenvalue weighted by atomic mass is 9.78. The summed E-state index contributed by atoms with van der Waals surface area (Å²) in [5.41, 5.74) is 4.14. The molecule has 0 radical (unpaired) electrons. The van der Waals surface area contributed by atoms with E-state index in [1.807, 2.05) is 0 Å². The molecule has 5 heteroatoms. The van der Waals surface area contributed by atoms with Gasteiger partial charge in [-0.3, -0.25) is 4.79 Å². The molecule has 0 aliphatic carbocycles. The highest BCUT2D eigenvalue weighted by Gasteiger charge is 2.40. The Hall–Kier alpha value is -0.740. The number of nitrogens with two attached hydrogens (primary N) is 1. The van der Waals surface area contributed by atoms with Crippen molar-refractivity contribution in [2.24, 2.45) is 17.1 Å². The lowest BCUT2D eigenvalue weighted by Crippen LogP contribution is -2.37. The van der Waals surface area contributed by atoms with Gasteiger partial charge in [-0.05, 0) is 5.41 Å². The zero-order valence-corrected chi connectivity index (χ0v) is 7.90. The van der Waals surface area contributed by atoms with Crippen molar-refractivity contribution in [2.45, 2.75) is 33.4 Å². The second-order valence-corrected chi connectivity index (χ2v) is 4.14. The molecule has 0 aromatic carbocycles. The number of carbonyl (C=O) groups is 1. The summed E-state index contributed by atoms with van der Waals surface area (Å²) in [5, 5.41) is 0. The maximum Gasteiger partial charge on any atom is 0.389 e. The number of alkyl halides is 3. The maximum atomic E-state index is 12.0. The standard InChI is InChI=1S/C8H14F3NO/c1-7(2,3)5(6(12)13)4-8(9,10)11/h5H,4H2,1-3H3,(H2,12,13). The summed E-state index contributed by atoms with van der Waals surface area (Å²) in [4.78, 5) is 10.7. The molecule has 0 aliphatic rings. The second kappa shape index (κ2) is 3.55. The van der Waals surface area contributed by atoms with Gasteiger partial charge in [0.05, 0.1) is 12.3 Å². The van der Waals surface area contributed by atoms with Gasteiger partial charge < -0.3 is 5.73 Å². The lowest BCUT2D eigenvalue weighted by Gasteiger charge is -2.28. The van der Waals surface area contributed by atoms with E-state index in [1.165, 1.54) is 0 Å². The number of primary amides is 1. The molecule has 1 unspecified atom stereocenters. The Morgan fingerprint density at radius 2 is 1.69 bits per heavy atom. The molecular formula is C8H14F3NO. The van der Waals surface area contributed by atoms with E-state index in [2.05, 4.69) is 0 Å². The van der Waals surface area contributed by atoms with Gasteiger partial charge in [-0.1, -0.05) is 20.8 Å². The van der Waals surface area contributed by atoms with Crippen molar-refractivity contribution < 1.29 is 18.0 Å². The van der Waals surface area contributed by atoms with E-state index in [0.717, 1.165) is 0 Å². The lowest BCUT2D eigenvalue weighted by molar-refractivity contribution is -0.160. The normalized spacial score (nSPS) is 15.5. The summed E-state index contributed by atoms with van der Waals surface area (Å²) in [6.45, 7) is 4.69. The first-order valence-electron chi connectivity index (χ1n) is 3.90. The van der Waals surface area contributed by atoms with Crippen LogP contribution in [0.15, 0.2) is 0 Å². The van der Waals surface area contributed by atoms with Crippen LogP contribution in [0, 0.1) is 11.3 Å². The molecule has 0 aliphatic heterocycles. The van der Waals surface area contributed by atoms with Crippen LogP contribution in [0.1, 0.15) is 27.2 Å². The van der Waals surface area contributed by atoms with Gasteiger partial charge in [0.25, 0.3) is 0 Å². The summed E-state index contributed by atoms with van der Waals surface area (Å²) in [5.74, 6) is -2.06. The molecule has 2 N–H and O–H groups in total. The minimum absolute atomic E-state index is 0.749. The fourth-order valence-corrected chi connectivity index (χ4v) is 1.07. The number of carbonyl (C=O) groups excluding carboxylic acids is 1. The highest BCUT2D eigenvalue weighted by molar-refractivity contribution is 5.77. The quantitative estimate of drug-likeness (QED) is 0.723. The van der Waals surface area contributed by atoms with Crippen LogP contribution in [0.2, 0.25) is 0 Å². The SMILES string of the molecule is CC(C)(C)C(CC(F)(F)F)C(N)=O. The Bertz CT molecular complexity index is 193. The van der Waals surface area contributed by atoms with E-state index < -0.39 is 29.8 Å². The average molecular weight is 197 g/mol. The summed E-state index contributed by atoms with van der Waals surface area (Å²) in [6.07, 6.45) is -5.49. The molecule has 0 heterocycles. The topological polar surface area (TPSA) is 43.1 Å². The maximum absolute atomic E-state index is 12.0. The van der Waals surface area contributed by atoms with Crippen LogP contribution in [0.25, 0.3) is 0 Å². The molecule has 0 saturated heterocycles. The van der Waals surface area contributed by atoms with Crippen LogP contribution in [0.3, 0.4) is 0 Å². The van der Waals surface area contributed by atoms with Gasteiger partial charge in [0.15, 0.2) is 0 Å². The van der Waals surface area contributed by atoms with Crippen molar-refractivity contribution in [2.75, 3.05) is 0 Å². The van der Waals surface area contributed by atoms with Crippen molar-refractivity contribution in [3.63, 3.8) is 0 Å². The minimum Gasteiger partial charge on any atom is -0.369 e. The zero-order chi connectivity index (χ0) is 10.9. The van der Waals surface area contributed by atoms with E-state index in [0.29, 0.717) is 0 Å². The van der Waals surface area contributed by atoms with Crippen molar-refractivity contribution in [1.29, 1.82) is 0 Å². The van der Waals surface area contributed by atoms with E-state index in [1.54, 1.807) is 20.8 Å². The fraction of sp³-hybridized carbons (Fsp3) is 0.875. The third kappa shape index (κ3) is 4.75. The molecule has 0 saturated carbocycles. The van der Waals surface area contributed by atoms with Gasteiger partial charge in [-0.15, -0.1) is 0 Å². The zero-order valence-electron chi connectivity index (χ0n) is 7.90. The Kier molecular flexibility index (Phi) is 3.35. The Labute approximate surface area is 75.3 Å². The highest BCUT2D eigenvalue weighted by atomic mass is 19.4. The van der Waals surface area contributed by atoms with E-state index in [4.69, 9.17) is 5.73 Å². The summed E-state index contributed by atoms with van der Waals surface area (Å²) in [6, 6.07) is 0. The van der Waals surface area contributed by atoms with Crippen LogP contribution in [0.4, 0.5) is 13.2 Å². The van der Waals surface area contributed by atoms with E-state index >= 15 is 0 Å². The number of hydrogen-bond donors (Lipinski definition) is 1. The molecule has 0 rings (SSSR count). The smallest absolute Gasteiger partial charge is 0.369 e. The Morgan fingerprint density at radius 3 is 1.77 bits per heavy atom. The summed E-state index contributed by atoms with van der Waals surface area (Å²) in [7, 11) is 0. The molecule has 0 bridgehead atoms. The number of halogens is 3. The van der Waals surface area contributed by atoms with Crippen LogP contribution in [-0.2, 0) is 4.79 Å². The van der Waals surface area contributed by atoms with Crippen molar-refractivity contribution in [1.82, 2.24) is 0 Å². The third-order valence-corrected chi connectivity index (χ3v) is 1.82. The van der Waals surface area contributed by atoms with Gasteiger partial charge in [0.2, 0.25) is 5.91 Å². The van der Waals surface area contributed by atoms with E-state index in [9.17, 15) is 18.0 Å². The molecular weight excluding hydrogens is 183 g/mol. The highest BCUT2D eigenvalue weighted by Crippen LogP contribution is 2.35. The molecule has 2 nitrogen and oxygen atoms in total. The second-order valence-electron chi connectivity index (χ2n) is 4.14. The van der Waals surface area contributed by atoms with Crippen LogP contribution in [0.5, 0.6) is 0 Å². The molecule has 0 aromatic rings. The Balaban J connectivity index is 4.56. The fourth-order valence-electron chi connectivity index (χ4n) is 1.07. The molecule has 13 heavy (non-hydrogen) atoms. The first-order valence-corrected chi connectivity index (χ1v) is 3.90. The average Bonchev–Trinajstić information content (AvgIpc) is 1.77. The van der Waals surface area contributed by atoms with Gasteiger partial charge >= 0.3 is 6.18 Å². The number of hydrogen-bond acceptors (Lipinski definition) is 1. The number of amides is 1.